The van der Waals surface area contributed by atoms with Gasteiger partial charge in [0.25, 0.3) is 5.91 Å². The van der Waals surface area contributed by atoms with Crippen LogP contribution in [0.5, 0.6) is 0 Å². The summed E-state index contributed by atoms with van der Waals surface area (Å²) in [6, 6.07) is 5.97. The zero-order valence-electron chi connectivity index (χ0n) is 17.7. The standard InChI is InChI=1S/C22H26ClF3N4O2/c23-17-2-1-3-18(14-17)30-20(22(24,25)26)19(15-27-30)21(31)29-8-5-16(6-9-29)4-7-28-10-12-32-13-11-28/h1-3,14-16H,4-13H2. The lowest BCUT2D eigenvalue weighted by Crippen LogP contribution is -2.41. The SMILES string of the molecule is O=C(c1cnn(-c2cccc(Cl)c2)c1C(F)(F)F)N1CCC(CCN2CCOCC2)CC1. The molecule has 0 N–H and O–H groups in total. The number of carbonyl (C=O) groups is 1. The topological polar surface area (TPSA) is 50.6 Å². The number of benzene rings is 1. The summed E-state index contributed by atoms with van der Waals surface area (Å²) < 4.78 is 47.9. The number of hydrogen-bond acceptors (Lipinski definition) is 4. The number of morpholine rings is 1. The van der Waals surface area contributed by atoms with Crippen LogP contribution in [0.1, 0.15) is 35.3 Å². The van der Waals surface area contributed by atoms with Gasteiger partial charge in [0.15, 0.2) is 5.69 Å². The Morgan fingerprint density at radius 3 is 2.53 bits per heavy atom. The second-order valence-electron chi connectivity index (χ2n) is 8.27. The number of aromatic nitrogens is 2. The van der Waals surface area contributed by atoms with Crippen molar-refractivity contribution in [1.29, 1.82) is 0 Å². The summed E-state index contributed by atoms with van der Waals surface area (Å²) in [5.41, 5.74) is -1.34. The molecule has 0 aliphatic carbocycles. The Labute approximate surface area is 189 Å². The largest absolute Gasteiger partial charge is 0.434 e. The Morgan fingerprint density at radius 2 is 1.88 bits per heavy atom. The first kappa shape index (κ1) is 23.1. The fraction of sp³-hybridized carbons (Fsp3) is 0.545. The lowest BCUT2D eigenvalue weighted by atomic mass is 9.93. The second-order valence-corrected chi connectivity index (χ2v) is 8.71. The number of amides is 1. The van der Waals surface area contributed by atoms with Crippen molar-refractivity contribution in [3.05, 3.63) is 46.7 Å². The summed E-state index contributed by atoms with van der Waals surface area (Å²) in [4.78, 5) is 16.9. The van der Waals surface area contributed by atoms with Crippen molar-refractivity contribution in [2.75, 3.05) is 45.9 Å². The van der Waals surface area contributed by atoms with Crippen LogP contribution in [0, 0.1) is 5.92 Å². The Bertz CT molecular complexity index is 935. The monoisotopic (exact) mass is 470 g/mol. The molecule has 2 aliphatic heterocycles. The summed E-state index contributed by atoms with van der Waals surface area (Å²) in [6.07, 6.45) is -1.11. The van der Waals surface area contributed by atoms with Crippen LogP contribution in [0.15, 0.2) is 30.5 Å². The lowest BCUT2D eigenvalue weighted by molar-refractivity contribution is -0.143. The number of hydrogen-bond donors (Lipinski definition) is 0. The third-order valence-corrected chi connectivity index (χ3v) is 6.42. The number of halogens is 4. The van der Waals surface area contributed by atoms with Crippen LogP contribution < -0.4 is 0 Å². The Kier molecular flexibility index (Phi) is 7.07. The van der Waals surface area contributed by atoms with Gasteiger partial charge in [-0.15, -0.1) is 0 Å². The number of rotatable bonds is 5. The molecule has 0 unspecified atom stereocenters. The average Bonchev–Trinajstić information content (AvgIpc) is 3.24. The van der Waals surface area contributed by atoms with Crippen LogP contribution in [-0.2, 0) is 10.9 Å². The van der Waals surface area contributed by atoms with Crippen LogP contribution in [0.25, 0.3) is 5.69 Å². The molecule has 32 heavy (non-hydrogen) atoms. The highest BCUT2D eigenvalue weighted by Crippen LogP contribution is 2.35. The van der Waals surface area contributed by atoms with Crippen molar-refractivity contribution in [3.8, 4) is 5.69 Å². The normalized spacial score (nSPS) is 18.8. The van der Waals surface area contributed by atoms with Gasteiger partial charge in [-0.1, -0.05) is 17.7 Å². The summed E-state index contributed by atoms with van der Waals surface area (Å²) in [7, 11) is 0. The van der Waals surface area contributed by atoms with Gasteiger partial charge in [-0.05, 0) is 49.9 Å². The van der Waals surface area contributed by atoms with Gasteiger partial charge in [-0.2, -0.15) is 18.3 Å². The van der Waals surface area contributed by atoms with Gasteiger partial charge in [0.2, 0.25) is 0 Å². The van der Waals surface area contributed by atoms with E-state index in [1.807, 2.05) is 0 Å². The van der Waals surface area contributed by atoms with Gasteiger partial charge in [0.1, 0.15) is 0 Å². The van der Waals surface area contributed by atoms with E-state index >= 15 is 0 Å². The molecule has 1 aromatic heterocycles. The fourth-order valence-electron chi connectivity index (χ4n) is 4.37. The van der Waals surface area contributed by atoms with Gasteiger partial charge in [-0.3, -0.25) is 9.69 Å². The van der Waals surface area contributed by atoms with Crippen LogP contribution >= 0.6 is 11.6 Å². The number of ether oxygens (including phenoxy) is 1. The highest BCUT2D eigenvalue weighted by molar-refractivity contribution is 6.30. The maximum absolute atomic E-state index is 13.9. The van der Waals surface area contributed by atoms with E-state index in [0.717, 1.165) is 63.0 Å². The van der Waals surface area contributed by atoms with Gasteiger partial charge < -0.3 is 9.64 Å². The Hall–Kier alpha value is -2.10. The smallest absolute Gasteiger partial charge is 0.379 e. The minimum absolute atomic E-state index is 0.158. The van der Waals surface area contributed by atoms with Crippen LogP contribution in [0.2, 0.25) is 5.02 Å². The van der Waals surface area contributed by atoms with E-state index in [1.165, 1.54) is 17.0 Å². The molecule has 0 bridgehead atoms. The van der Waals surface area contributed by atoms with Gasteiger partial charge in [0.05, 0.1) is 30.7 Å². The predicted molar refractivity (Wildman–Crippen MR) is 114 cm³/mol. The van der Waals surface area contributed by atoms with Crippen molar-refractivity contribution < 1.29 is 22.7 Å². The molecule has 3 heterocycles. The number of nitrogens with zero attached hydrogens (tertiary/aromatic N) is 4. The first-order valence-corrected chi connectivity index (χ1v) is 11.2. The predicted octanol–water partition coefficient (Wildman–Crippen LogP) is 4.12. The zero-order valence-corrected chi connectivity index (χ0v) is 18.4. The molecule has 0 spiro atoms. The summed E-state index contributed by atoms with van der Waals surface area (Å²) in [6.45, 7) is 5.29. The zero-order chi connectivity index (χ0) is 22.7. The molecule has 10 heteroatoms. The Morgan fingerprint density at radius 1 is 1.16 bits per heavy atom. The molecule has 0 radical (unpaired) electrons. The lowest BCUT2D eigenvalue weighted by Gasteiger charge is -2.34. The number of alkyl halides is 3. The van der Waals surface area contributed by atoms with Crippen molar-refractivity contribution in [2.24, 2.45) is 5.92 Å². The highest BCUT2D eigenvalue weighted by atomic mass is 35.5. The third-order valence-electron chi connectivity index (χ3n) is 6.18. The van der Waals surface area contributed by atoms with Gasteiger partial charge >= 0.3 is 6.18 Å². The number of likely N-dealkylation sites (tertiary alicyclic amines) is 1. The molecule has 0 saturated carbocycles. The quantitative estimate of drug-likeness (QED) is 0.659. The minimum Gasteiger partial charge on any atom is -0.379 e. The van der Waals surface area contributed by atoms with Crippen molar-refractivity contribution in [1.82, 2.24) is 19.6 Å². The molecule has 2 aliphatic rings. The first-order valence-electron chi connectivity index (χ1n) is 10.8. The van der Waals surface area contributed by atoms with Crippen LogP contribution in [0.3, 0.4) is 0 Å². The molecule has 2 aromatic rings. The highest BCUT2D eigenvalue weighted by Gasteiger charge is 2.41. The molecule has 6 nitrogen and oxygen atoms in total. The van der Waals surface area contributed by atoms with E-state index in [4.69, 9.17) is 16.3 Å². The fourth-order valence-corrected chi connectivity index (χ4v) is 4.55. The third kappa shape index (κ3) is 5.27. The first-order chi connectivity index (χ1) is 15.3. The molecular weight excluding hydrogens is 445 g/mol. The molecule has 1 amide bonds. The van der Waals surface area contributed by atoms with E-state index in [2.05, 4.69) is 10.00 Å². The Balaban J connectivity index is 1.43. The minimum atomic E-state index is -4.74. The average molecular weight is 471 g/mol. The summed E-state index contributed by atoms with van der Waals surface area (Å²) >= 11 is 5.93. The van der Waals surface area contributed by atoms with Crippen molar-refractivity contribution in [3.63, 3.8) is 0 Å². The maximum Gasteiger partial charge on any atom is 0.434 e. The molecule has 1 aromatic carbocycles. The van der Waals surface area contributed by atoms with Crippen molar-refractivity contribution in [2.45, 2.75) is 25.4 Å². The van der Waals surface area contributed by atoms with Crippen LogP contribution in [-0.4, -0.2) is 71.4 Å². The maximum atomic E-state index is 13.9. The number of piperidine rings is 1. The van der Waals surface area contributed by atoms with E-state index in [0.29, 0.717) is 19.0 Å². The molecule has 174 valence electrons. The molecule has 2 saturated heterocycles. The van der Waals surface area contributed by atoms with Gasteiger partial charge in [-0.25, -0.2) is 4.68 Å². The van der Waals surface area contributed by atoms with E-state index < -0.39 is 23.3 Å². The van der Waals surface area contributed by atoms with E-state index in [1.54, 1.807) is 12.1 Å². The van der Waals surface area contributed by atoms with E-state index in [9.17, 15) is 18.0 Å². The summed E-state index contributed by atoms with van der Waals surface area (Å²) in [5, 5.41) is 4.17. The van der Waals surface area contributed by atoms with Crippen molar-refractivity contribution >= 4 is 17.5 Å². The summed E-state index contributed by atoms with van der Waals surface area (Å²) in [5.74, 6) is -0.157. The molecule has 0 atom stereocenters. The molecular formula is C22H26ClF3N4O2. The van der Waals surface area contributed by atoms with Gasteiger partial charge in [0, 0.05) is 31.2 Å². The molecule has 2 fully saturated rings. The van der Waals surface area contributed by atoms with Crippen LogP contribution in [0.4, 0.5) is 13.2 Å². The molecule has 4 rings (SSSR count). The van der Waals surface area contributed by atoms with E-state index in [-0.39, 0.29) is 10.7 Å². The number of carbonyl (C=O) groups excluding carboxylic acids is 1. The second kappa shape index (κ2) is 9.80.